The van der Waals surface area contributed by atoms with Gasteiger partial charge in [0.15, 0.2) is 0 Å². The van der Waals surface area contributed by atoms with Gasteiger partial charge in [-0.1, -0.05) is 30.3 Å². The Hall–Kier alpha value is -2.01. The zero-order valence-electron chi connectivity index (χ0n) is 8.77. The van der Waals surface area contributed by atoms with Crippen molar-refractivity contribution in [3.8, 4) is 6.07 Å². The van der Waals surface area contributed by atoms with Gasteiger partial charge in [-0.05, 0) is 30.3 Å². The van der Waals surface area contributed by atoms with E-state index in [9.17, 15) is 0 Å². The SMILES string of the molecule is CC(/C=C\C#N)=C/NCc1ccccc1. The summed E-state index contributed by atoms with van der Waals surface area (Å²) < 4.78 is 0. The number of hydrogen-bond donors (Lipinski definition) is 1. The molecule has 0 saturated heterocycles. The molecule has 2 nitrogen and oxygen atoms in total. The summed E-state index contributed by atoms with van der Waals surface area (Å²) >= 11 is 0. The number of rotatable bonds is 4. The summed E-state index contributed by atoms with van der Waals surface area (Å²) in [5, 5.41) is 11.5. The first-order valence-electron chi connectivity index (χ1n) is 4.83. The highest BCUT2D eigenvalue weighted by atomic mass is 14.8. The van der Waals surface area contributed by atoms with Crippen LogP contribution < -0.4 is 5.32 Å². The predicted octanol–water partition coefficient (Wildman–Crippen LogP) is 2.76. The van der Waals surface area contributed by atoms with E-state index in [4.69, 9.17) is 5.26 Å². The standard InChI is InChI=1S/C13H14N2/c1-12(6-5-9-14)10-15-11-13-7-3-2-4-8-13/h2-8,10,15H,11H2,1H3/b6-5-,12-10-. The van der Waals surface area contributed by atoms with E-state index in [-0.39, 0.29) is 0 Å². The minimum Gasteiger partial charge on any atom is -0.387 e. The van der Waals surface area contributed by atoms with Gasteiger partial charge >= 0.3 is 0 Å². The molecule has 2 heteroatoms. The molecule has 0 aliphatic heterocycles. The van der Waals surface area contributed by atoms with Crippen molar-refractivity contribution in [1.82, 2.24) is 5.32 Å². The molecular weight excluding hydrogens is 184 g/mol. The minimum atomic E-state index is 0.804. The summed E-state index contributed by atoms with van der Waals surface area (Å²) in [6.07, 6.45) is 5.15. The van der Waals surface area contributed by atoms with Crippen LogP contribution in [0.1, 0.15) is 12.5 Å². The number of nitrogens with one attached hydrogen (secondary N) is 1. The molecule has 0 heterocycles. The average Bonchev–Trinajstić information content (AvgIpc) is 2.28. The van der Waals surface area contributed by atoms with Crippen molar-refractivity contribution < 1.29 is 0 Å². The molecule has 0 radical (unpaired) electrons. The molecule has 76 valence electrons. The lowest BCUT2D eigenvalue weighted by atomic mass is 10.2. The second kappa shape index (κ2) is 6.44. The normalized spacial score (nSPS) is 11.3. The lowest BCUT2D eigenvalue weighted by Gasteiger charge is -2.01. The van der Waals surface area contributed by atoms with Crippen LogP contribution in [0.15, 0.2) is 54.3 Å². The van der Waals surface area contributed by atoms with Crippen LogP contribution >= 0.6 is 0 Å². The van der Waals surface area contributed by atoms with Gasteiger partial charge < -0.3 is 5.32 Å². The van der Waals surface area contributed by atoms with Crippen LogP contribution in [-0.2, 0) is 6.54 Å². The molecule has 0 unspecified atom stereocenters. The maximum Gasteiger partial charge on any atom is 0.0912 e. The third-order valence-corrected chi connectivity index (χ3v) is 1.90. The van der Waals surface area contributed by atoms with Crippen LogP contribution in [0.5, 0.6) is 0 Å². The Morgan fingerprint density at radius 3 is 2.80 bits per heavy atom. The van der Waals surface area contributed by atoms with Crippen LogP contribution in [-0.4, -0.2) is 0 Å². The molecule has 0 atom stereocenters. The van der Waals surface area contributed by atoms with Crippen LogP contribution in [0.4, 0.5) is 0 Å². The molecule has 0 aromatic heterocycles. The molecule has 1 aromatic rings. The summed E-state index contributed by atoms with van der Waals surface area (Å²) in [5.41, 5.74) is 2.28. The van der Waals surface area contributed by atoms with Gasteiger partial charge in [-0.3, -0.25) is 0 Å². The molecular formula is C13H14N2. The fourth-order valence-corrected chi connectivity index (χ4v) is 1.14. The second-order valence-corrected chi connectivity index (χ2v) is 3.22. The molecule has 0 amide bonds. The zero-order valence-corrected chi connectivity index (χ0v) is 8.77. The van der Waals surface area contributed by atoms with E-state index in [1.54, 1.807) is 6.08 Å². The number of hydrogen-bond acceptors (Lipinski definition) is 2. The van der Waals surface area contributed by atoms with Gasteiger partial charge in [0.2, 0.25) is 0 Å². The maximum atomic E-state index is 8.33. The Labute approximate surface area is 90.5 Å². The molecule has 0 saturated carbocycles. The topological polar surface area (TPSA) is 35.8 Å². The monoisotopic (exact) mass is 198 g/mol. The highest BCUT2D eigenvalue weighted by Crippen LogP contribution is 1.98. The van der Waals surface area contributed by atoms with E-state index in [2.05, 4.69) is 17.4 Å². The Morgan fingerprint density at radius 1 is 1.40 bits per heavy atom. The molecule has 0 aliphatic rings. The van der Waals surface area contributed by atoms with E-state index in [0.717, 1.165) is 12.1 Å². The molecule has 1 rings (SSSR count). The average molecular weight is 198 g/mol. The Kier molecular flexibility index (Phi) is 4.75. The van der Waals surface area contributed by atoms with Crippen LogP contribution in [0.25, 0.3) is 0 Å². The van der Waals surface area contributed by atoms with E-state index in [0.29, 0.717) is 0 Å². The van der Waals surface area contributed by atoms with Crippen molar-refractivity contribution >= 4 is 0 Å². The van der Waals surface area contributed by atoms with Crippen LogP contribution in [0.2, 0.25) is 0 Å². The van der Waals surface area contributed by atoms with E-state index < -0.39 is 0 Å². The lowest BCUT2D eigenvalue weighted by Crippen LogP contribution is -2.04. The number of allylic oxidation sites excluding steroid dienone is 3. The summed E-state index contributed by atoms with van der Waals surface area (Å²) in [6.45, 7) is 2.75. The Balaban J connectivity index is 2.39. The van der Waals surface area contributed by atoms with Crippen molar-refractivity contribution in [3.05, 3.63) is 59.8 Å². The van der Waals surface area contributed by atoms with Crippen molar-refractivity contribution in [2.24, 2.45) is 0 Å². The molecule has 0 aliphatic carbocycles. The number of nitriles is 1. The largest absolute Gasteiger partial charge is 0.387 e. The number of nitrogens with zero attached hydrogens (tertiary/aromatic N) is 1. The summed E-state index contributed by atoms with van der Waals surface area (Å²) in [7, 11) is 0. The van der Waals surface area contributed by atoms with Crippen molar-refractivity contribution in [2.75, 3.05) is 0 Å². The zero-order chi connectivity index (χ0) is 10.9. The van der Waals surface area contributed by atoms with Gasteiger partial charge in [-0.15, -0.1) is 0 Å². The first kappa shape index (κ1) is 11.1. The third kappa shape index (κ3) is 4.68. The second-order valence-electron chi connectivity index (χ2n) is 3.22. The molecule has 0 fully saturated rings. The fourth-order valence-electron chi connectivity index (χ4n) is 1.14. The van der Waals surface area contributed by atoms with Gasteiger partial charge in [0.1, 0.15) is 0 Å². The molecule has 15 heavy (non-hydrogen) atoms. The molecule has 1 N–H and O–H groups in total. The summed E-state index contributed by atoms with van der Waals surface area (Å²) in [4.78, 5) is 0. The van der Waals surface area contributed by atoms with Gasteiger partial charge in [-0.2, -0.15) is 5.26 Å². The van der Waals surface area contributed by atoms with E-state index in [1.165, 1.54) is 11.6 Å². The van der Waals surface area contributed by atoms with Crippen molar-refractivity contribution in [2.45, 2.75) is 13.5 Å². The third-order valence-electron chi connectivity index (χ3n) is 1.90. The van der Waals surface area contributed by atoms with Crippen molar-refractivity contribution in [3.63, 3.8) is 0 Å². The molecule has 0 spiro atoms. The predicted molar refractivity (Wildman–Crippen MR) is 61.8 cm³/mol. The Bertz CT molecular complexity index is 383. The summed E-state index contributed by atoms with van der Waals surface area (Å²) in [5.74, 6) is 0. The Morgan fingerprint density at radius 2 is 2.13 bits per heavy atom. The van der Waals surface area contributed by atoms with E-state index >= 15 is 0 Å². The highest BCUT2D eigenvalue weighted by molar-refractivity contribution is 5.21. The first-order valence-corrected chi connectivity index (χ1v) is 4.83. The highest BCUT2D eigenvalue weighted by Gasteiger charge is 1.87. The lowest BCUT2D eigenvalue weighted by molar-refractivity contribution is 0.863. The van der Waals surface area contributed by atoms with Crippen LogP contribution in [0.3, 0.4) is 0 Å². The van der Waals surface area contributed by atoms with Crippen molar-refractivity contribution in [1.29, 1.82) is 5.26 Å². The van der Waals surface area contributed by atoms with Crippen LogP contribution in [0, 0.1) is 11.3 Å². The van der Waals surface area contributed by atoms with Gasteiger partial charge in [0, 0.05) is 12.6 Å². The molecule has 1 aromatic carbocycles. The first-order chi connectivity index (χ1) is 7.33. The van der Waals surface area contributed by atoms with E-state index in [1.807, 2.05) is 37.4 Å². The quantitative estimate of drug-likeness (QED) is 0.596. The fraction of sp³-hybridized carbons (Fsp3) is 0.154. The maximum absolute atomic E-state index is 8.33. The van der Waals surface area contributed by atoms with Gasteiger partial charge in [0.05, 0.1) is 6.07 Å². The minimum absolute atomic E-state index is 0.804. The molecule has 0 bridgehead atoms. The van der Waals surface area contributed by atoms with Gasteiger partial charge in [0.25, 0.3) is 0 Å². The smallest absolute Gasteiger partial charge is 0.0912 e. The van der Waals surface area contributed by atoms with Gasteiger partial charge in [-0.25, -0.2) is 0 Å². The number of benzene rings is 1. The summed E-state index contributed by atoms with van der Waals surface area (Å²) in [6, 6.07) is 12.1.